The van der Waals surface area contributed by atoms with E-state index >= 15 is 0 Å². The number of nitrogens with zero attached hydrogens (tertiary/aromatic N) is 2. The lowest BCUT2D eigenvalue weighted by Gasteiger charge is -2.10. The second-order valence-corrected chi connectivity index (χ2v) is 5.73. The highest BCUT2D eigenvalue weighted by Crippen LogP contribution is 2.30. The van der Waals surface area contributed by atoms with Gasteiger partial charge in [0.05, 0.1) is 16.3 Å². The van der Waals surface area contributed by atoms with Crippen LogP contribution < -0.4 is 10.1 Å². The zero-order valence-electron chi connectivity index (χ0n) is 12.0. The van der Waals surface area contributed by atoms with E-state index in [0.29, 0.717) is 24.2 Å². The van der Waals surface area contributed by atoms with Gasteiger partial charge < -0.3 is 10.1 Å². The summed E-state index contributed by atoms with van der Waals surface area (Å²) in [6.45, 7) is 2.65. The van der Waals surface area contributed by atoms with Crippen molar-refractivity contribution in [2.75, 3.05) is 0 Å². The summed E-state index contributed by atoms with van der Waals surface area (Å²) in [5.74, 6) is 0.542. The number of nitrogens with one attached hydrogen (secondary N) is 1. The summed E-state index contributed by atoms with van der Waals surface area (Å²) in [4.78, 5) is 0. The van der Waals surface area contributed by atoms with E-state index in [9.17, 15) is 4.39 Å². The highest BCUT2D eigenvalue weighted by molar-refractivity contribution is 6.30. The average Bonchev–Trinajstić information content (AvgIpc) is 3.21. The van der Waals surface area contributed by atoms with E-state index in [1.54, 1.807) is 10.7 Å². The quantitative estimate of drug-likeness (QED) is 0.918. The van der Waals surface area contributed by atoms with Crippen LogP contribution in [0.5, 0.6) is 11.6 Å². The molecule has 1 aliphatic carbocycles. The first-order chi connectivity index (χ1) is 10.0. The molecule has 0 atom stereocenters. The molecule has 4 nitrogen and oxygen atoms in total. The third kappa shape index (κ3) is 3.19. The molecule has 2 aromatic rings. The van der Waals surface area contributed by atoms with Crippen molar-refractivity contribution in [2.45, 2.75) is 32.4 Å². The predicted molar refractivity (Wildman–Crippen MR) is 79.3 cm³/mol. The van der Waals surface area contributed by atoms with E-state index in [2.05, 4.69) is 10.4 Å². The molecular formula is C15H17ClFN3O. The molecule has 3 rings (SSSR count). The van der Waals surface area contributed by atoms with Crippen molar-refractivity contribution in [3.8, 4) is 11.6 Å². The SMILES string of the molecule is Cc1nn(C)c(Oc2ccc(Cl)c(F)c2)c1CNC1CC1. The Bertz CT molecular complexity index is 667. The monoisotopic (exact) mass is 309 g/mol. The van der Waals surface area contributed by atoms with Crippen LogP contribution in [0.15, 0.2) is 18.2 Å². The molecule has 1 aliphatic rings. The fraction of sp³-hybridized carbons (Fsp3) is 0.400. The summed E-state index contributed by atoms with van der Waals surface area (Å²) in [7, 11) is 1.81. The van der Waals surface area contributed by atoms with Gasteiger partial charge in [0.15, 0.2) is 0 Å². The Morgan fingerprint density at radius 3 is 2.90 bits per heavy atom. The normalized spacial score (nSPS) is 14.5. The smallest absolute Gasteiger partial charge is 0.222 e. The van der Waals surface area contributed by atoms with Crippen molar-refractivity contribution in [1.82, 2.24) is 15.1 Å². The lowest BCUT2D eigenvalue weighted by molar-refractivity contribution is 0.420. The van der Waals surface area contributed by atoms with Crippen molar-refractivity contribution < 1.29 is 9.13 Å². The van der Waals surface area contributed by atoms with Crippen LogP contribution in [-0.2, 0) is 13.6 Å². The van der Waals surface area contributed by atoms with E-state index in [0.717, 1.165) is 11.3 Å². The Labute approximate surface area is 127 Å². The molecule has 0 bridgehead atoms. The molecule has 0 saturated heterocycles. The molecule has 6 heteroatoms. The van der Waals surface area contributed by atoms with Crippen LogP contribution in [0.25, 0.3) is 0 Å². The van der Waals surface area contributed by atoms with Crippen LogP contribution in [0.4, 0.5) is 4.39 Å². The lowest BCUT2D eigenvalue weighted by Crippen LogP contribution is -2.16. The standard InChI is InChI=1S/C15H17ClFN3O/c1-9-12(8-18-10-3-4-10)15(20(2)19-9)21-11-5-6-13(16)14(17)7-11/h5-7,10,18H,3-4,8H2,1-2H3. The third-order valence-corrected chi connectivity index (χ3v) is 3.85. The van der Waals surface area contributed by atoms with E-state index in [1.807, 2.05) is 14.0 Å². The van der Waals surface area contributed by atoms with Gasteiger partial charge in [-0.05, 0) is 31.9 Å². The van der Waals surface area contributed by atoms with Gasteiger partial charge in [0.2, 0.25) is 5.88 Å². The number of benzene rings is 1. The van der Waals surface area contributed by atoms with Gasteiger partial charge in [0.1, 0.15) is 11.6 Å². The minimum absolute atomic E-state index is 0.0826. The predicted octanol–water partition coefficient (Wildman–Crippen LogP) is 3.57. The van der Waals surface area contributed by atoms with E-state index in [1.165, 1.54) is 25.0 Å². The van der Waals surface area contributed by atoms with Crippen LogP contribution in [0.3, 0.4) is 0 Å². The van der Waals surface area contributed by atoms with Crippen molar-refractivity contribution >= 4 is 11.6 Å². The topological polar surface area (TPSA) is 39.1 Å². The second kappa shape index (κ2) is 5.66. The molecule has 112 valence electrons. The van der Waals surface area contributed by atoms with Gasteiger partial charge >= 0.3 is 0 Å². The fourth-order valence-electron chi connectivity index (χ4n) is 2.20. The zero-order valence-corrected chi connectivity index (χ0v) is 12.7. The minimum Gasteiger partial charge on any atom is -0.439 e. The third-order valence-electron chi connectivity index (χ3n) is 3.54. The summed E-state index contributed by atoms with van der Waals surface area (Å²) in [6, 6.07) is 5.01. The minimum atomic E-state index is -0.495. The maximum Gasteiger partial charge on any atom is 0.222 e. The Morgan fingerprint density at radius 1 is 1.48 bits per heavy atom. The van der Waals surface area contributed by atoms with Crippen LogP contribution in [0.1, 0.15) is 24.1 Å². The molecule has 1 aromatic heterocycles. The summed E-state index contributed by atoms with van der Waals surface area (Å²) >= 11 is 5.68. The highest BCUT2D eigenvalue weighted by atomic mass is 35.5. The largest absolute Gasteiger partial charge is 0.439 e. The summed E-state index contributed by atoms with van der Waals surface area (Å²) in [5.41, 5.74) is 1.91. The molecule has 1 aromatic carbocycles. The van der Waals surface area contributed by atoms with Crippen molar-refractivity contribution in [1.29, 1.82) is 0 Å². The molecule has 1 N–H and O–H groups in total. The summed E-state index contributed by atoms with van der Waals surface area (Å²) in [6.07, 6.45) is 2.44. The molecule has 1 fully saturated rings. The van der Waals surface area contributed by atoms with E-state index in [4.69, 9.17) is 16.3 Å². The molecule has 0 aliphatic heterocycles. The Morgan fingerprint density at radius 2 is 2.24 bits per heavy atom. The van der Waals surface area contributed by atoms with Crippen molar-refractivity contribution in [2.24, 2.45) is 7.05 Å². The van der Waals surface area contributed by atoms with Gasteiger partial charge in [-0.25, -0.2) is 9.07 Å². The average molecular weight is 310 g/mol. The molecule has 1 heterocycles. The summed E-state index contributed by atoms with van der Waals surface area (Å²) < 4.78 is 21.0. The van der Waals surface area contributed by atoms with E-state index in [-0.39, 0.29) is 5.02 Å². The molecule has 0 spiro atoms. The molecule has 1 saturated carbocycles. The Balaban J connectivity index is 1.84. The van der Waals surface area contributed by atoms with Gasteiger partial charge in [0.25, 0.3) is 0 Å². The number of aryl methyl sites for hydroxylation is 2. The maximum atomic E-state index is 13.5. The first-order valence-electron chi connectivity index (χ1n) is 6.93. The van der Waals surface area contributed by atoms with Gasteiger partial charge in [-0.3, -0.25) is 0 Å². The number of hydrogen-bond acceptors (Lipinski definition) is 3. The molecule has 21 heavy (non-hydrogen) atoms. The van der Waals surface area contributed by atoms with Crippen LogP contribution in [-0.4, -0.2) is 15.8 Å². The first-order valence-corrected chi connectivity index (χ1v) is 7.31. The van der Waals surface area contributed by atoms with Crippen molar-refractivity contribution in [3.63, 3.8) is 0 Å². The molecule has 0 unspecified atom stereocenters. The molecular weight excluding hydrogens is 293 g/mol. The van der Waals surface area contributed by atoms with Crippen LogP contribution >= 0.6 is 11.6 Å². The van der Waals surface area contributed by atoms with Gasteiger partial charge in [-0.1, -0.05) is 11.6 Å². The van der Waals surface area contributed by atoms with Crippen molar-refractivity contribution in [3.05, 3.63) is 40.3 Å². The maximum absolute atomic E-state index is 13.5. The fourth-order valence-corrected chi connectivity index (χ4v) is 2.32. The van der Waals surface area contributed by atoms with Crippen LogP contribution in [0, 0.1) is 12.7 Å². The first kappa shape index (κ1) is 14.4. The zero-order chi connectivity index (χ0) is 15.0. The number of hydrogen-bond donors (Lipinski definition) is 1. The Kier molecular flexibility index (Phi) is 3.87. The van der Waals surface area contributed by atoms with Gasteiger partial charge in [-0.2, -0.15) is 5.10 Å². The number of rotatable bonds is 5. The summed E-state index contributed by atoms with van der Waals surface area (Å²) in [5, 5.41) is 7.91. The Hall–Kier alpha value is -1.59. The lowest BCUT2D eigenvalue weighted by atomic mass is 10.2. The second-order valence-electron chi connectivity index (χ2n) is 5.33. The number of ether oxygens (including phenoxy) is 1. The van der Waals surface area contributed by atoms with E-state index < -0.39 is 5.82 Å². The van der Waals surface area contributed by atoms with Gasteiger partial charge in [-0.15, -0.1) is 0 Å². The van der Waals surface area contributed by atoms with Crippen LogP contribution in [0.2, 0.25) is 5.02 Å². The molecule has 0 amide bonds. The highest BCUT2D eigenvalue weighted by Gasteiger charge is 2.23. The number of halogens is 2. The van der Waals surface area contributed by atoms with Gasteiger partial charge in [0, 0.05) is 25.7 Å². The number of aromatic nitrogens is 2. The molecule has 0 radical (unpaired) electrons.